The largest absolute Gasteiger partial charge is 0.493 e. The van der Waals surface area contributed by atoms with Crippen LogP contribution in [-0.2, 0) is 6.42 Å². The number of methoxy groups -OCH3 is 2. The van der Waals surface area contributed by atoms with Gasteiger partial charge >= 0.3 is 0 Å². The minimum Gasteiger partial charge on any atom is -0.493 e. The quantitative estimate of drug-likeness (QED) is 0.695. The molecule has 0 spiro atoms. The minimum atomic E-state index is 0.817. The molecule has 1 N–H and O–H groups in total. The lowest BCUT2D eigenvalue weighted by Gasteiger charge is -2.12. The summed E-state index contributed by atoms with van der Waals surface area (Å²) in [4.78, 5) is 0. The summed E-state index contributed by atoms with van der Waals surface area (Å²) < 4.78 is 10.7. The predicted octanol–water partition coefficient (Wildman–Crippen LogP) is 3.33. The lowest BCUT2D eigenvalue weighted by Crippen LogP contribution is -2.06. The van der Waals surface area contributed by atoms with Crippen molar-refractivity contribution in [1.82, 2.24) is 5.32 Å². The SMILES string of the molecule is CNCCCCCCc1cc(OC)c(OC)cc1C. The molecule has 19 heavy (non-hydrogen) atoms. The van der Waals surface area contributed by atoms with E-state index < -0.39 is 0 Å². The van der Waals surface area contributed by atoms with Gasteiger partial charge in [-0.2, -0.15) is 0 Å². The van der Waals surface area contributed by atoms with Crippen LogP contribution in [0, 0.1) is 6.92 Å². The zero-order valence-electron chi connectivity index (χ0n) is 12.7. The van der Waals surface area contributed by atoms with Crippen LogP contribution >= 0.6 is 0 Å². The molecule has 0 atom stereocenters. The van der Waals surface area contributed by atoms with E-state index >= 15 is 0 Å². The molecule has 0 unspecified atom stereocenters. The summed E-state index contributed by atoms with van der Waals surface area (Å²) in [6.45, 7) is 3.26. The van der Waals surface area contributed by atoms with Crippen molar-refractivity contribution in [2.24, 2.45) is 0 Å². The van der Waals surface area contributed by atoms with Crippen LogP contribution in [0.15, 0.2) is 12.1 Å². The molecule has 108 valence electrons. The molecule has 1 rings (SSSR count). The molecule has 0 bridgehead atoms. The van der Waals surface area contributed by atoms with Gasteiger partial charge < -0.3 is 14.8 Å². The second kappa shape index (κ2) is 8.81. The number of unbranched alkanes of at least 4 members (excludes halogenated alkanes) is 3. The molecule has 0 aliphatic carbocycles. The highest BCUT2D eigenvalue weighted by atomic mass is 16.5. The highest BCUT2D eigenvalue weighted by Gasteiger charge is 2.08. The molecule has 3 nitrogen and oxygen atoms in total. The highest BCUT2D eigenvalue weighted by Crippen LogP contribution is 2.30. The van der Waals surface area contributed by atoms with Crippen molar-refractivity contribution in [3.63, 3.8) is 0 Å². The Labute approximate surface area is 117 Å². The summed E-state index contributed by atoms with van der Waals surface area (Å²) in [7, 11) is 5.38. The molecular weight excluding hydrogens is 238 g/mol. The molecule has 0 aliphatic rings. The van der Waals surface area contributed by atoms with E-state index in [4.69, 9.17) is 9.47 Å². The van der Waals surface area contributed by atoms with Gasteiger partial charge in [0.25, 0.3) is 0 Å². The van der Waals surface area contributed by atoms with E-state index in [9.17, 15) is 0 Å². The Morgan fingerprint density at radius 3 is 2.21 bits per heavy atom. The summed E-state index contributed by atoms with van der Waals surface area (Å²) >= 11 is 0. The Bertz CT molecular complexity index is 377. The van der Waals surface area contributed by atoms with Gasteiger partial charge in [-0.25, -0.2) is 0 Å². The van der Waals surface area contributed by atoms with E-state index in [1.165, 1.54) is 36.8 Å². The maximum Gasteiger partial charge on any atom is 0.161 e. The first kappa shape index (κ1) is 15.8. The third-order valence-electron chi connectivity index (χ3n) is 3.47. The van der Waals surface area contributed by atoms with Crippen LogP contribution < -0.4 is 14.8 Å². The first-order valence-electron chi connectivity index (χ1n) is 7.09. The fraction of sp³-hybridized carbons (Fsp3) is 0.625. The first-order valence-corrected chi connectivity index (χ1v) is 7.09. The topological polar surface area (TPSA) is 30.5 Å². The van der Waals surface area contributed by atoms with E-state index in [0.29, 0.717) is 0 Å². The van der Waals surface area contributed by atoms with Gasteiger partial charge in [-0.3, -0.25) is 0 Å². The van der Waals surface area contributed by atoms with Crippen molar-refractivity contribution in [2.75, 3.05) is 27.8 Å². The van der Waals surface area contributed by atoms with Gasteiger partial charge in [-0.15, -0.1) is 0 Å². The van der Waals surface area contributed by atoms with Crippen LogP contribution in [0.2, 0.25) is 0 Å². The molecular formula is C16H27NO2. The van der Waals surface area contributed by atoms with Gasteiger partial charge in [-0.05, 0) is 63.0 Å². The second-order valence-corrected chi connectivity index (χ2v) is 4.90. The van der Waals surface area contributed by atoms with Crippen molar-refractivity contribution in [2.45, 2.75) is 39.0 Å². The van der Waals surface area contributed by atoms with Crippen molar-refractivity contribution >= 4 is 0 Å². The minimum absolute atomic E-state index is 0.817. The van der Waals surface area contributed by atoms with E-state index in [2.05, 4.69) is 24.4 Å². The average Bonchev–Trinajstić information content (AvgIpc) is 2.43. The normalized spacial score (nSPS) is 10.5. The summed E-state index contributed by atoms with van der Waals surface area (Å²) in [6, 6.07) is 4.18. The van der Waals surface area contributed by atoms with Gasteiger partial charge in [0.2, 0.25) is 0 Å². The number of rotatable bonds is 9. The number of nitrogens with one attached hydrogen (secondary N) is 1. The maximum absolute atomic E-state index is 5.36. The summed E-state index contributed by atoms with van der Waals surface area (Å²) in [6.07, 6.45) is 6.20. The van der Waals surface area contributed by atoms with Gasteiger partial charge in [0.15, 0.2) is 11.5 Å². The lowest BCUT2D eigenvalue weighted by atomic mass is 10.0. The summed E-state index contributed by atoms with van der Waals surface area (Å²) in [5.74, 6) is 1.65. The lowest BCUT2D eigenvalue weighted by molar-refractivity contribution is 0.354. The molecule has 0 saturated heterocycles. The fourth-order valence-electron chi connectivity index (χ4n) is 2.26. The molecule has 0 amide bonds. The monoisotopic (exact) mass is 265 g/mol. The Morgan fingerprint density at radius 2 is 1.58 bits per heavy atom. The molecule has 0 aliphatic heterocycles. The van der Waals surface area contributed by atoms with Crippen LogP contribution in [0.4, 0.5) is 0 Å². The Kier molecular flexibility index (Phi) is 7.34. The molecule has 0 aromatic heterocycles. The van der Waals surface area contributed by atoms with Gasteiger partial charge in [0.05, 0.1) is 14.2 Å². The Balaban J connectivity index is 2.49. The van der Waals surface area contributed by atoms with Crippen molar-refractivity contribution in [1.29, 1.82) is 0 Å². The van der Waals surface area contributed by atoms with Crippen LogP contribution in [-0.4, -0.2) is 27.8 Å². The van der Waals surface area contributed by atoms with Crippen LogP contribution in [0.25, 0.3) is 0 Å². The maximum atomic E-state index is 5.36. The Hall–Kier alpha value is -1.22. The van der Waals surface area contributed by atoms with Gasteiger partial charge in [0, 0.05) is 0 Å². The number of aryl methyl sites for hydroxylation is 2. The van der Waals surface area contributed by atoms with Crippen LogP contribution in [0.3, 0.4) is 0 Å². The molecule has 1 aromatic rings. The van der Waals surface area contributed by atoms with E-state index in [-0.39, 0.29) is 0 Å². The van der Waals surface area contributed by atoms with Crippen LogP contribution in [0.1, 0.15) is 36.8 Å². The van der Waals surface area contributed by atoms with Crippen molar-refractivity contribution < 1.29 is 9.47 Å². The standard InChI is InChI=1S/C16H27NO2/c1-13-11-15(18-3)16(19-4)12-14(13)9-7-5-6-8-10-17-2/h11-12,17H,5-10H2,1-4H3. The zero-order valence-corrected chi connectivity index (χ0v) is 12.7. The zero-order chi connectivity index (χ0) is 14.1. The molecule has 3 heteroatoms. The van der Waals surface area contributed by atoms with Gasteiger partial charge in [-0.1, -0.05) is 12.8 Å². The molecule has 1 aromatic carbocycles. The number of ether oxygens (including phenoxy) is 2. The average molecular weight is 265 g/mol. The predicted molar refractivity (Wildman–Crippen MR) is 80.4 cm³/mol. The van der Waals surface area contributed by atoms with E-state index in [1.807, 2.05) is 7.05 Å². The second-order valence-electron chi connectivity index (χ2n) is 4.90. The molecule has 0 heterocycles. The Morgan fingerprint density at radius 1 is 0.947 bits per heavy atom. The van der Waals surface area contributed by atoms with E-state index in [0.717, 1.165) is 24.5 Å². The molecule has 0 radical (unpaired) electrons. The smallest absolute Gasteiger partial charge is 0.161 e. The molecule has 0 fully saturated rings. The number of benzene rings is 1. The third-order valence-corrected chi connectivity index (χ3v) is 3.47. The summed E-state index contributed by atoms with van der Waals surface area (Å²) in [5, 5.41) is 3.18. The number of hydrogen-bond acceptors (Lipinski definition) is 3. The number of hydrogen-bond donors (Lipinski definition) is 1. The first-order chi connectivity index (χ1) is 9.22. The van der Waals surface area contributed by atoms with Gasteiger partial charge in [0.1, 0.15) is 0 Å². The third kappa shape index (κ3) is 5.11. The van der Waals surface area contributed by atoms with Crippen LogP contribution in [0.5, 0.6) is 11.5 Å². The highest BCUT2D eigenvalue weighted by molar-refractivity contribution is 5.47. The van der Waals surface area contributed by atoms with Crippen molar-refractivity contribution in [3.8, 4) is 11.5 Å². The summed E-state index contributed by atoms with van der Waals surface area (Å²) in [5.41, 5.74) is 2.65. The van der Waals surface area contributed by atoms with E-state index in [1.54, 1.807) is 14.2 Å². The fourth-order valence-corrected chi connectivity index (χ4v) is 2.26. The molecule has 0 saturated carbocycles. The van der Waals surface area contributed by atoms with Crippen molar-refractivity contribution in [3.05, 3.63) is 23.3 Å².